The lowest BCUT2D eigenvalue weighted by atomic mass is 10.2. The molecule has 7 heteroatoms. The number of carbonyl (C=O) groups is 1. The maximum atomic E-state index is 12.5. The molecule has 1 amide bonds. The van der Waals surface area contributed by atoms with Crippen molar-refractivity contribution >= 4 is 34.7 Å². The molecule has 2 aromatic carbocycles. The van der Waals surface area contributed by atoms with Crippen LogP contribution in [0.2, 0.25) is 5.02 Å². The minimum Gasteiger partial charge on any atom is -0.340 e. The van der Waals surface area contributed by atoms with Gasteiger partial charge < -0.3 is 10.6 Å². The molecule has 2 N–H and O–H groups in total. The summed E-state index contributed by atoms with van der Waals surface area (Å²) in [6, 6.07) is 17.4. The van der Waals surface area contributed by atoms with Crippen LogP contribution in [0.5, 0.6) is 0 Å². The molecule has 1 aromatic heterocycles. The van der Waals surface area contributed by atoms with Gasteiger partial charge in [0.15, 0.2) is 0 Å². The van der Waals surface area contributed by atoms with E-state index in [0.29, 0.717) is 27.9 Å². The molecule has 0 bridgehead atoms. The van der Waals surface area contributed by atoms with Gasteiger partial charge in [-0.25, -0.2) is 9.97 Å². The molecule has 128 valence electrons. The number of carbonyl (C=O) groups excluding carboxylic acids is 1. The lowest BCUT2D eigenvalue weighted by Crippen LogP contribution is -2.15. The molecular weight excluding hydrogens is 350 g/mol. The third kappa shape index (κ3) is 4.35. The number of rotatable bonds is 4. The van der Waals surface area contributed by atoms with E-state index in [1.807, 2.05) is 18.2 Å². The van der Waals surface area contributed by atoms with Crippen molar-refractivity contribution in [1.29, 1.82) is 5.26 Å². The highest BCUT2D eigenvalue weighted by atomic mass is 35.5. The fourth-order valence-electron chi connectivity index (χ4n) is 2.32. The fraction of sp³-hybridized carbons (Fsp3) is 0.0526. The summed E-state index contributed by atoms with van der Waals surface area (Å²) >= 11 is 5.98. The van der Waals surface area contributed by atoms with Gasteiger partial charge in [0.05, 0.1) is 11.6 Å². The minimum absolute atomic E-state index is 0.212. The normalized spacial score (nSPS) is 10.0. The number of nitriles is 1. The van der Waals surface area contributed by atoms with Gasteiger partial charge in [0.1, 0.15) is 17.3 Å². The van der Waals surface area contributed by atoms with Crippen molar-refractivity contribution in [2.75, 3.05) is 10.6 Å². The van der Waals surface area contributed by atoms with Crippen molar-refractivity contribution in [3.63, 3.8) is 0 Å². The second-order valence-electron chi connectivity index (χ2n) is 5.47. The van der Waals surface area contributed by atoms with Crippen molar-refractivity contribution in [2.24, 2.45) is 0 Å². The molecule has 3 rings (SSSR count). The van der Waals surface area contributed by atoms with Crippen LogP contribution in [0, 0.1) is 18.3 Å². The van der Waals surface area contributed by atoms with Crippen LogP contribution in [0.4, 0.5) is 17.2 Å². The number of nitrogens with one attached hydrogen (secondary N) is 2. The smallest absolute Gasteiger partial charge is 0.274 e. The highest BCUT2D eigenvalue weighted by molar-refractivity contribution is 6.30. The molecule has 0 saturated heterocycles. The van der Waals surface area contributed by atoms with Gasteiger partial charge in [0, 0.05) is 22.5 Å². The summed E-state index contributed by atoms with van der Waals surface area (Å²) in [5.41, 5.74) is 1.95. The standard InChI is InChI=1S/C19H14ClN5O/c1-12-22-17(19(26)25-15-6-2-4-13(8-15)11-21)10-18(23-12)24-16-7-3-5-14(20)9-16/h2-10H,1H3,(H,25,26)(H,22,23,24). The molecule has 0 saturated carbocycles. The Morgan fingerprint density at radius 1 is 1.08 bits per heavy atom. The summed E-state index contributed by atoms with van der Waals surface area (Å²) in [5.74, 6) is 0.545. The lowest BCUT2D eigenvalue weighted by molar-refractivity contribution is 0.102. The number of nitrogens with zero attached hydrogens (tertiary/aromatic N) is 3. The Morgan fingerprint density at radius 2 is 1.85 bits per heavy atom. The third-order valence-electron chi connectivity index (χ3n) is 3.42. The van der Waals surface area contributed by atoms with E-state index in [9.17, 15) is 4.79 Å². The second-order valence-corrected chi connectivity index (χ2v) is 5.90. The van der Waals surface area contributed by atoms with Crippen LogP contribution in [0.1, 0.15) is 21.9 Å². The minimum atomic E-state index is -0.389. The second kappa shape index (κ2) is 7.64. The predicted molar refractivity (Wildman–Crippen MR) is 101 cm³/mol. The summed E-state index contributed by atoms with van der Waals surface area (Å²) < 4.78 is 0. The number of hydrogen-bond donors (Lipinski definition) is 2. The van der Waals surface area contributed by atoms with Crippen LogP contribution >= 0.6 is 11.6 Å². The van der Waals surface area contributed by atoms with Crippen molar-refractivity contribution in [1.82, 2.24) is 9.97 Å². The van der Waals surface area contributed by atoms with Gasteiger partial charge in [-0.2, -0.15) is 5.26 Å². The Kier molecular flexibility index (Phi) is 5.11. The van der Waals surface area contributed by atoms with E-state index < -0.39 is 0 Å². The zero-order chi connectivity index (χ0) is 18.5. The van der Waals surface area contributed by atoms with E-state index >= 15 is 0 Å². The van der Waals surface area contributed by atoms with E-state index in [2.05, 4.69) is 20.6 Å². The zero-order valence-corrected chi connectivity index (χ0v) is 14.6. The van der Waals surface area contributed by atoms with Crippen LogP contribution in [-0.2, 0) is 0 Å². The molecule has 1 heterocycles. The SMILES string of the molecule is Cc1nc(Nc2cccc(Cl)c2)cc(C(=O)Nc2cccc(C#N)c2)n1. The Morgan fingerprint density at radius 3 is 2.62 bits per heavy atom. The first-order chi connectivity index (χ1) is 12.5. The molecule has 0 atom stereocenters. The van der Waals surface area contributed by atoms with E-state index in [0.717, 1.165) is 5.69 Å². The summed E-state index contributed by atoms with van der Waals surface area (Å²) in [4.78, 5) is 21.0. The maximum absolute atomic E-state index is 12.5. The van der Waals surface area contributed by atoms with E-state index in [4.69, 9.17) is 16.9 Å². The van der Waals surface area contributed by atoms with Gasteiger partial charge in [0.2, 0.25) is 0 Å². The quantitative estimate of drug-likeness (QED) is 0.720. The molecule has 6 nitrogen and oxygen atoms in total. The summed E-state index contributed by atoms with van der Waals surface area (Å²) in [7, 11) is 0. The van der Waals surface area contributed by atoms with Gasteiger partial charge in [-0.1, -0.05) is 23.7 Å². The highest BCUT2D eigenvalue weighted by Crippen LogP contribution is 2.20. The average Bonchev–Trinajstić information content (AvgIpc) is 2.61. The molecule has 3 aromatic rings. The number of benzene rings is 2. The van der Waals surface area contributed by atoms with E-state index in [-0.39, 0.29) is 11.6 Å². The maximum Gasteiger partial charge on any atom is 0.274 e. The highest BCUT2D eigenvalue weighted by Gasteiger charge is 2.11. The molecule has 0 aliphatic rings. The lowest BCUT2D eigenvalue weighted by Gasteiger charge is -2.09. The van der Waals surface area contributed by atoms with Crippen molar-refractivity contribution in [3.05, 3.63) is 76.7 Å². The van der Waals surface area contributed by atoms with Gasteiger partial charge in [-0.15, -0.1) is 0 Å². The summed E-state index contributed by atoms with van der Waals surface area (Å²) in [6.07, 6.45) is 0. The van der Waals surface area contributed by atoms with Crippen LogP contribution in [-0.4, -0.2) is 15.9 Å². The molecular formula is C19H14ClN5O. The molecule has 0 aliphatic carbocycles. The van der Waals surface area contributed by atoms with Crippen molar-refractivity contribution in [3.8, 4) is 6.07 Å². The fourth-order valence-corrected chi connectivity index (χ4v) is 2.51. The summed E-state index contributed by atoms with van der Waals surface area (Å²) in [5, 5.41) is 15.4. The molecule has 0 aliphatic heterocycles. The van der Waals surface area contributed by atoms with Crippen LogP contribution in [0.15, 0.2) is 54.6 Å². The van der Waals surface area contributed by atoms with Crippen molar-refractivity contribution < 1.29 is 4.79 Å². The Balaban J connectivity index is 1.82. The van der Waals surface area contributed by atoms with Gasteiger partial charge in [0.25, 0.3) is 5.91 Å². The average molecular weight is 364 g/mol. The van der Waals surface area contributed by atoms with Gasteiger partial charge in [-0.3, -0.25) is 4.79 Å². The number of aryl methyl sites for hydroxylation is 1. The number of anilines is 3. The first-order valence-electron chi connectivity index (χ1n) is 7.73. The number of aromatic nitrogens is 2. The Labute approximate surface area is 155 Å². The summed E-state index contributed by atoms with van der Waals surface area (Å²) in [6.45, 7) is 1.70. The van der Waals surface area contributed by atoms with Gasteiger partial charge in [-0.05, 0) is 43.3 Å². The topological polar surface area (TPSA) is 90.7 Å². The molecule has 0 radical (unpaired) electrons. The number of amides is 1. The molecule has 0 unspecified atom stereocenters. The van der Waals surface area contributed by atoms with E-state index in [1.165, 1.54) is 0 Å². The number of halogens is 1. The number of hydrogen-bond acceptors (Lipinski definition) is 5. The molecule has 0 fully saturated rings. The first kappa shape index (κ1) is 17.4. The largest absolute Gasteiger partial charge is 0.340 e. The van der Waals surface area contributed by atoms with Crippen LogP contribution in [0.3, 0.4) is 0 Å². The van der Waals surface area contributed by atoms with E-state index in [1.54, 1.807) is 49.4 Å². The molecule has 0 spiro atoms. The third-order valence-corrected chi connectivity index (χ3v) is 3.65. The van der Waals surface area contributed by atoms with Gasteiger partial charge >= 0.3 is 0 Å². The monoisotopic (exact) mass is 363 g/mol. The molecule has 26 heavy (non-hydrogen) atoms. The predicted octanol–water partition coefficient (Wildman–Crippen LogP) is 4.31. The first-order valence-corrected chi connectivity index (χ1v) is 8.11. The van der Waals surface area contributed by atoms with Crippen LogP contribution < -0.4 is 10.6 Å². The Bertz CT molecular complexity index is 1010. The Hall–Kier alpha value is -3.43. The van der Waals surface area contributed by atoms with Crippen molar-refractivity contribution in [2.45, 2.75) is 6.92 Å². The zero-order valence-electron chi connectivity index (χ0n) is 13.8. The van der Waals surface area contributed by atoms with Crippen LogP contribution in [0.25, 0.3) is 0 Å².